The van der Waals surface area contributed by atoms with Gasteiger partial charge < -0.3 is 14.2 Å². The van der Waals surface area contributed by atoms with Crippen LogP contribution in [0, 0.1) is 0 Å². The highest BCUT2D eigenvalue weighted by Crippen LogP contribution is 2.21. The minimum absolute atomic E-state index is 0.0736. The van der Waals surface area contributed by atoms with E-state index in [9.17, 15) is 4.79 Å². The van der Waals surface area contributed by atoms with Gasteiger partial charge in [0.2, 0.25) is 0 Å². The second-order valence-corrected chi connectivity index (χ2v) is 6.34. The molecule has 1 fully saturated rings. The summed E-state index contributed by atoms with van der Waals surface area (Å²) in [6, 6.07) is 11.6. The molecule has 0 spiro atoms. The summed E-state index contributed by atoms with van der Waals surface area (Å²) < 4.78 is 1.90. The van der Waals surface area contributed by atoms with E-state index in [-0.39, 0.29) is 5.91 Å². The van der Waals surface area contributed by atoms with E-state index in [1.165, 1.54) is 0 Å². The first-order valence-electron chi connectivity index (χ1n) is 7.92. The van der Waals surface area contributed by atoms with Crippen LogP contribution in [0.15, 0.2) is 55.1 Å². The van der Waals surface area contributed by atoms with E-state index in [0.717, 1.165) is 29.3 Å². The van der Waals surface area contributed by atoms with Gasteiger partial charge in [-0.25, -0.2) is 4.98 Å². The number of fused-ring (bicyclic) bond motifs is 1. The highest BCUT2D eigenvalue weighted by molar-refractivity contribution is 6.30. The number of hydrogen-bond acceptors (Lipinski definition) is 3. The summed E-state index contributed by atoms with van der Waals surface area (Å²) in [7, 11) is 0. The van der Waals surface area contributed by atoms with Gasteiger partial charge in [-0.2, -0.15) is 0 Å². The Hall–Kier alpha value is -2.53. The lowest BCUT2D eigenvalue weighted by atomic mass is 10.2. The highest BCUT2D eigenvalue weighted by atomic mass is 35.5. The number of amides is 1. The predicted molar refractivity (Wildman–Crippen MR) is 94.8 cm³/mol. The van der Waals surface area contributed by atoms with Crippen LogP contribution in [0.1, 0.15) is 10.4 Å². The first kappa shape index (κ1) is 15.0. The molecule has 1 aromatic carbocycles. The number of rotatable bonds is 2. The fourth-order valence-electron chi connectivity index (χ4n) is 3.08. The van der Waals surface area contributed by atoms with Gasteiger partial charge in [0.05, 0.1) is 18.0 Å². The Morgan fingerprint density at radius 3 is 2.71 bits per heavy atom. The fraction of sp³-hybridized carbons (Fsp3) is 0.222. The Kier molecular flexibility index (Phi) is 3.86. The van der Waals surface area contributed by atoms with Crippen LogP contribution in [0.5, 0.6) is 0 Å². The topological polar surface area (TPSA) is 40.9 Å². The van der Waals surface area contributed by atoms with Crippen molar-refractivity contribution in [2.75, 3.05) is 31.1 Å². The molecule has 0 atom stereocenters. The Bertz CT molecular complexity index is 883. The molecular weight excluding hydrogens is 324 g/mol. The van der Waals surface area contributed by atoms with Crippen molar-refractivity contribution in [3.8, 4) is 0 Å². The zero-order chi connectivity index (χ0) is 16.5. The zero-order valence-electron chi connectivity index (χ0n) is 13.1. The van der Waals surface area contributed by atoms with Crippen molar-refractivity contribution >= 4 is 28.7 Å². The minimum Gasteiger partial charge on any atom is -0.368 e. The van der Waals surface area contributed by atoms with Crippen LogP contribution < -0.4 is 4.90 Å². The minimum atomic E-state index is 0.0736. The molecule has 0 radical (unpaired) electrons. The van der Waals surface area contributed by atoms with Crippen LogP contribution in [0.3, 0.4) is 0 Å². The molecule has 1 saturated heterocycles. The molecule has 3 heterocycles. The third kappa shape index (κ3) is 2.83. The van der Waals surface area contributed by atoms with Crippen LogP contribution in [-0.4, -0.2) is 46.4 Å². The van der Waals surface area contributed by atoms with Crippen molar-refractivity contribution < 1.29 is 4.79 Å². The summed E-state index contributed by atoms with van der Waals surface area (Å²) >= 11 is 6.06. The van der Waals surface area contributed by atoms with Crippen molar-refractivity contribution in [1.82, 2.24) is 14.3 Å². The van der Waals surface area contributed by atoms with Gasteiger partial charge >= 0.3 is 0 Å². The van der Waals surface area contributed by atoms with Crippen molar-refractivity contribution in [3.63, 3.8) is 0 Å². The fourth-order valence-corrected chi connectivity index (χ4v) is 3.26. The molecule has 0 unspecified atom stereocenters. The van der Waals surface area contributed by atoms with Gasteiger partial charge in [-0.3, -0.25) is 4.79 Å². The molecule has 3 aromatic rings. The van der Waals surface area contributed by atoms with Gasteiger partial charge in [0.15, 0.2) is 0 Å². The number of imidazole rings is 1. The van der Waals surface area contributed by atoms with Gasteiger partial charge in [0.1, 0.15) is 0 Å². The number of benzene rings is 1. The number of halogens is 1. The van der Waals surface area contributed by atoms with E-state index in [2.05, 4.69) is 16.0 Å². The second kappa shape index (κ2) is 6.17. The molecule has 1 aliphatic heterocycles. The largest absolute Gasteiger partial charge is 0.368 e. The van der Waals surface area contributed by atoms with E-state index in [4.69, 9.17) is 11.6 Å². The third-order valence-corrected chi connectivity index (χ3v) is 4.64. The molecule has 0 saturated carbocycles. The van der Waals surface area contributed by atoms with Gasteiger partial charge in [-0.15, -0.1) is 0 Å². The lowest BCUT2D eigenvalue weighted by molar-refractivity contribution is 0.0747. The van der Waals surface area contributed by atoms with E-state index in [1.807, 2.05) is 45.8 Å². The zero-order valence-corrected chi connectivity index (χ0v) is 13.9. The summed E-state index contributed by atoms with van der Waals surface area (Å²) in [6.07, 6.45) is 5.36. The van der Waals surface area contributed by atoms with E-state index in [0.29, 0.717) is 18.7 Å². The Morgan fingerprint density at radius 1 is 1.08 bits per heavy atom. The molecule has 0 aliphatic carbocycles. The van der Waals surface area contributed by atoms with Crippen molar-refractivity contribution in [1.29, 1.82) is 0 Å². The Morgan fingerprint density at radius 2 is 1.92 bits per heavy atom. The normalized spacial score (nSPS) is 15.0. The molecule has 2 aromatic heterocycles. The van der Waals surface area contributed by atoms with E-state index < -0.39 is 0 Å². The third-order valence-electron chi connectivity index (χ3n) is 4.40. The van der Waals surface area contributed by atoms with E-state index >= 15 is 0 Å². The molecule has 5 nitrogen and oxygen atoms in total. The number of pyridine rings is 1. The standard InChI is InChI=1S/C18H17ClN4O/c19-15-2-1-3-16(11-15)21-6-8-22(9-7-21)18(24)14-4-5-23-13-20-12-17(23)10-14/h1-5,10-13H,6-9H2. The highest BCUT2D eigenvalue weighted by Gasteiger charge is 2.22. The Labute approximate surface area is 145 Å². The molecule has 1 amide bonds. The smallest absolute Gasteiger partial charge is 0.254 e. The summed E-state index contributed by atoms with van der Waals surface area (Å²) in [5.41, 5.74) is 2.74. The van der Waals surface area contributed by atoms with Gasteiger partial charge in [-0.1, -0.05) is 17.7 Å². The first-order chi connectivity index (χ1) is 11.7. The van der Waals surface area contributed by atoms with Gasteiger partial charge in [0, 0.05) is 48.6 Å². The molecular formula is C18H17ClN4O. The van der Waals surface area contributed by atoms with Crippen LogP contribution in [-0.2, 0) is 0 Å². The molecule has 4 rings (SSSR count). The molecule has 24 heavy (non-hydrogen) atoms. The quantitative estimate of drug-likeness (QED) is 0.720. The number of piperazine rings is 1. The monoisotopic (exact) mass is 340 g/mol. The summed E-state index contributed by atoms with van der Waals surface area (Å²) in [5.74, 6) is 0.0736. The molecule has 0 N–H and O–H groups in total. The van der Waals surface area contributed by atoms with Gasteiger partial charge in [-0.05, 0) is 30.3 Å². The molecule has 122 valence electrons. The lowest BCUT2D eigenvalue weighted by Gasteiger charge is -2.36. The Balaban J connectivity index is 1.46. The maximum absolute atomic E-state index is 12.7. The molecule has 6 heteroatoms. The molecule has 0 bridgehead atoms. The lowest BCUT2D eigenvalue weighted by Crippen LogP contribution is -2.48. The summed E-state index contributed by atoms with van der Waals surface area (Å²) in [6.45, 7) is 3.02. The van der Waals surface area contributed by atoms with Crippen LogP contribution in [0.4, 0.5) is 5.69 Å². The van der Waals surface area contributed by atoms with Crippen molar-refractivity contribution in [2.24, 2.45) is 0 Å². The number of carbonyl (C=O) groups is 1. The van der Waals surface area contributed by atoms with E-state index in [1.54, 1.807) is 12.5 Å². The second-order valence-electron chi connectivity index (χ2n) is 5.90. The van der Waals surface area contributed by atoms with Crippen molar-refractivity contribution in [3.05, 3.63) is 65.7 Å². The summed E-state index contributed by atoms with van der Waals surface area (Å²) in [4.78, 5) is 21.0. The van der Waals surface area contributed by atoms with Crippen LogP contribution in [0.2, 0.25) is 5.02 Å². The van der Waals surface area contributed by atoms with Gasteiger partial charge in [0.25, 0.3) is 5.91 Å². The summed E-state index contributed by atoms with van der Waals surface area (Å²) in [5, 5.41) is 0.736. The number of aromatic nitrogens is 2. The predicted octanol–water partition coefficient (Wildman–Crippen LogP) is 2.95. The SMILES string of the molecule is O=C(c1ccn2cncc2c1)N1CCN(c2cccc(Cl)c2)CC1. The van der Waals surface area contributed by atoms with Crippen LogP contribution >= 0.6 is 11.6 Å². The maximum atomic E-state index is 12.7. The average molecular weight is 341 g/mol. The average Bonchev–Trinajstić information content (AvgIpc) is 3.09. The van der Waals surface area contributed by atoms with Crippen LogP contribution in [0.25, 0.3) is 5.52 Å². The maximum Gasteiger partial charge on any atom is 0.254 e. The van der Waals surface area contributed by atoms with Crippen molar-refractivity contribution in [2.45, 2.75) is 0 Å². The number of carbonyl (C=O) groups excluding carboxylic acids is 1. The number of anilines is 1. The molecule has 1 aliphatic rings. The number of hydrogen-bond donors (Lipinski definition) is 0. The number of nitrogens with zero attached hydrogens (tertiary/aromatic N) is 4. The first-order valence-corrected chi connectivity index (χ1v) is 8.30.